The van der Waals surface area contributed by atoms with Gasteiger partial charge in [0.15, 0.2) is 0 Å². The van der Waals surface area contributed by atoms with Crippen LogP contribution in [0, 0.1) is 0 Å². The number of ketones is 1. The van der Waals surface area contributed by atoms with Gasteiger partial charge in [-0.25, -0.2) is 0 Å². The number of benzene rings is 1. The van der Waals surface area contributed by atoms with Crippen molar-refractivity contribution in [3.8, 4) is 0 Å². The molecular weight excluding hydrogens is 331 g/mol. The van der Waals surface area contributed by atoms with E-state index in [-0.39, 0.29) is 10.6 Å². The Balaban J connectivity index is 3.02. The number of halogens is 3. The van der Waals surface area contributed by atoms with Crippen molar-refractivity contribution in [3.05, 3.63) is 33.8 Å². The average Bonchev–Trinajstić information content (AvgIpc) is 2.16. The highest BCUT2D eigenvalue weighted by molar-refractivity contribution is 9.10. The van der Waals surface area contributed by atoms with E-state index in [1.165, 1.54) is 0 Å². The maximum Gasteiger partial charge on any atom is 0.147 e. The van der Waals surface area contributed by atoms with E-state index < -0.39 is 0 Å². The molecule has 14 heavy (non-hydrogen) atoms. The molecule has 0 heterocycles. The molecule has 0 N–H and O–H groups in total. The molecule has 0 aliphatic heterocycles. The Morgan fingerprint density at radius 3 is 2.64 bits per heavy atom. The van der Waals surface area contributed by atoms with Gasteiger partial charge in [0, 0.05) is 10.4 Å². The van der Waals surface area contributed by atoms with Crippen molar-refractivity contribution in [3.63, 3.8) is 0 Å². The zero-order valence-corrected chi connectivity index (χ0v) is 11.5. The highest BCUT2D eigenvalue weighted by Gasteiger charge is 2.13. The van der Waals surface area contributed by atoms with Crippen LogP contribution in [0.3, 0.4) is 0 Å². The Hall–Kier alpha value is 0.140. The minimum absolute atomic E-state index is 0.0931. The Labute approximate surface area is 105 Å². The summed E-state index contributed by atoms with van der Waals surface area (Å²) in [6.07, 6.45) is 0. The van der Waals surface area contributed by atoms with E-state index in [4.69, 9.17) is 11.6 Å². The predicted octanol–water partition coefficient (Wildman–Crippen LogP) is 4.21. The minimum Gasteiger partial charge on any atom is -0.298 e. The van der Waals surface area contributed by atoms with Crippen molar-refractivity contribution in [2.24, 2.45) is 0 Å². The second kappa shape index (κ2) is 5.29. The summed E-state index contributed by atoms with van der Waals surface area (Å²) in [6.45, 7) is 1.56. The number of hydrogen-bond donors (Lipinski definition) is 0. The maximum absolute atomic E-state index is 11.1. The Kier molecular flexibility index (Phi) is 4.61. The lowest BCUT2D eigenvalue weighted by Gasteiger charge is -2.08. The smallest absolute Gasteiger partial charge is 0.147 e. The standard InChI is InChI=1S/C10H9Br2ClO/c1-6(14)10(12)7-2-3-8(5-13)9(11)4-7/h2-4,10H,5H2,1H3. The molecule has 1 rings (SSSR count). The van der Waals surface area contributed by atoms with Crippen LogP contribution in [0.1, 0.15) is 22.9 Å². The van der Waals surface area contributed by atoms with Crippen LogP contribution in [0.4, 0.5) is 0 Å². The van der Waals surface area contributed by atoms with Crippen LogP contribution < -0.4 is 0 Å². The quantitative estimate of drug-likeness (QED) is 0.753. The van der Waals surface area contributed by atoms with E-state index in [0.717, 1.165) is 15.6 Å². The van der Waals surface area contributed by atoms with Crippen LogP contribution >= 0.6 is 43.5 Å². The monoisotopic (exact) mass is 338 g/mol. The Bertz CT molecular complexity index is 352. The first kappa shape index (κ1) is 12.2. The van der Waals surface area contributed by atoms with Gasteiger partial charge in [-0.2, -0.15) is 0 Å². The fourth-order valence-electron chi connectivity index (χ4n) is 1.06. The van der Waals surface area contributed by atoms with Gasteiger partial charge in [0.1, 0.15) is 5.78 Å². The summed E-state index contributed by atoms with van der Waals surface area (Å²) in [4.78, 5) is 10.9. The molecule has 0 aliphatic rings. The largest absolute Gasteiger partial charge is 0.298 e. The summed E-state index contributed by atoms with van der Waals surface area (Å²) >= 11 is 12.5. The third kappa shape index (κ3) is 2.81. The molecule has 0 bridgehead atoms. The van der Waals surface area contributed by atoms with E-state index >= 15 is 0 Å². The Morgan fingerprint density at radius 1 is 1.57 bits per heavy atom. The first-order chi connectivity index (χ1) is 6.56. The van der Waals surface area contributed by atoms with Gasteiger partial charge < -0.3 is 0 Å². The number of hydrogen-bond acceptors (Lipinski definition) is 1. The highest BCUT2D eigenvalue weighted by atomic mass is 79.9. The second-order valence-electron chi connectivity index (χ2n) is 2.96. The maximum atomic E-state index is 11.1. The molecule has 1 unspecified atom stereocenters. The van der Waals surface area contributed by atoms with Crippen LogP contribution in [0.25, 0.3) is 0 Å². The minimum atomic E-state index is -0.233. The predicted molar refractivity (Wildman–Crippen MR) is 66.0 cm³/mol. The third-order valence-electron chi connectivity index (χ3n) is 1.87. The SMILES string of the molecule is CC(=O)C(Br)c1ccc(CCl)c(Br)c1. The van der Waals surface area contributed by atoms with Gasteiger partial charge in [-0.1, -0.05) is 44.0 Å². The van der Waals surface area contributed by atoms with E-state index in [1.54, 1.807) is 6.92 Å². The molecule has 0 aliphatic carbocycles. The van der Waals surface area contributed by atoms with Crippen molar-refractivity contribution in [2.75, 3.05) is 0 Å². The Morgan fingerprint density at radius 2 is 2.21 bits per heavy atom. The van der Waals surface area contributed by atoms with Crippen molar-refractivity contribution in [2.45, 2.75) is 17.6 Å². The van der Waals surface area contributed by atoms with Crippen LogP contribution in [-0.2, 0) is 10.7 Å². The molecular formula is C10H9Br2ClO. The van der Waals surface area contributed by atoms with Gasteiger partial charge in [0.2, 0.25) is 0 Å². The molecule has 1 aromatic rings. The van der Waals surface area contributed by atoms with E-state index in [0.29, 0.717) is 5.88 Å². The van der Waals surface area contributed by atoms with Gasteiger partial charge in [-0.3, -0.25) is 4.79 Å². The third-order valence-corrected chi connectivity index (χ3v) is 4.07. The fourth-order valence-corrected chi connectivity index (χ4v) is 2.28. The average molecular weight is 340 g/mol. The molecule has 0 amide bonds. The molecule has 0 fully saturated rings. The molecule has 0 aromatic heterocycles. The molecule has 0 spiro atoms. The summed E-state index contributed by atoms with van der Waals surface area (Å²) < 4.78 is 0.940. The molecule has 0 radical (unpaired) electrons. The first-order valence-corrected chi connectivity index (χ1v) is 6.29. The van der Waals surface area contributed by atoms with Gasteiger partial charge in [0.05, 0.1) is 4.83 Å². The molecule has 4 heteroatoms. The number of carbonyl (C=O) groups is 1. The molecule has 1 aromatic carbocycles. The summed E-state index contributed by atoms with van der Waals surface area (Å²) in [5.74, 6) is 0.559. The highest BCUT2D eigenvalue weighted by Crippen LogP contribution is 2.28. The van der Waals surface area contributed by atoms with Crippen LogP contribution in [0.15, 0.2) is 22.7 Å². The molecule has 0 saturated heterocycles. The van der Waals surface area contributed by atoms with E-state index in [2.05, 4.69) is 31.9 Å². The molecule has 1 atom stereocenters. The molecule has 76 valence electrons. The van der Waals surface area contributed by atoms with Crippen molar-refractivity contribution in [1.29, 1.82) is 0 Å². The topological polar surface area (TPSA) is 17.1 Å². The molecule has 0 saturated carbocycles. The van der Waals surface area contributed by atoms with Gasteiger partial charge in [0.25, 0.3) is 0 Å². The summed E-state index contributed by atoms with van der Waals surface area (Å²) in [6, 6.07) is 5.74. The zero-order valence-electron chi connectivity index (χ0n) is 7.56. The lowest BCUT2D eigenvalue weighted by Crippen LogP contribution is -2.01. The van der Waals surface area contributed by atoms with E-state index in [1.807, 2.05) is 18.2 Å². The number of Topliss-reactive ketones (excluding diaryl/α,β-unsaturated/α-hetero) is 1. The summed E-state index contributed by atoms with van der Waals surface area (Å²) in [5.41, 5.74) is 1.97. The second-order valence-corrected chi connectivity index (χ2v) is 4.99. The van der Waals surface area contributed by atoms with Crippen LogP contribution in [0.2, 0.25) is 0 Å². The number of carbonyl (C=O) groups excluding carboxylic acids is 1. The van der Waals surface area contributed by atoms with Crippen molar-refractivity contribution < 1.29 is 4.79 Å². The lowest BCUT2D eigenvalue weighted by molar-refractivity contribution is -0.116. The van der Waals surface area contributed by atoms with Gasteiger partial charge >= 0.3 is 0 Å². The van der Waals surface area contributed by atoms with Crippen molar-refractivity contribution >= 4 is 49.2 Å². The van der Waals surface area contributed by atoms with E-state index in [9.17, 15) is 4.79 Å². The first-order valence-electron chi connectivity index (χ1n) is 4.05. The van der Waals surface area contributed by atoms with Crippen LogP contribution in [0.5, 0.6) is 0 Å². The number of rotatable bonds is 3. The van der Waals surface area contributed by atoms with Gasteiger partial charge in [-0.15, -0.1) is 11.6 Å². The van der Waals surface area contributed by atoms with Crippen molar-refractivity contribution in [1.82, 2.24) is 0 Å². The summed E-state index contributed by atoms with van der Waals surface area (Å²) in [5, 5.41) is 0. The fraction of sp³-hybridized carbons (Fsp3) is 0.300. The van der Waals surface area contributed by atoms with Crippen LogP contribution in [-0.4, -0.2) is 5.78 Å². The number of alkyl halides is 2. The lowest BCUT2D eigenvalue weighted by atomic mass is 10.1. The summed E-state index contributed by atoms with van der Waals surface area (Å²) in [7, 11) is 0. The molecule has 1 nitrogen and oxygen atoms in total. The normalized spacial score (nSPS) is 12.6. The van der Waals surface area contributed by atoms with Gasteiger partial charge in [-0.05, 0) is 24.1 Å². The zero-order chi connectivity index (χ0) is 10.7.